The summed E-state index contributed by atoms with van der Waals surface area (Å²) >= 11 is 8.91. The van der Waals surface area contributed by atoms with Gasteiger partial charge < -0.3 is 0 Å². The van der Waals surface area contributed by atoms with E-state index in [9.17, 15) is 9.59 Å². The molecule has 0 saturated carbocycles. The zero-order valence-electron chi connectivity index (χ0n) is 7.46. The summed E-state index contributed by atoms with van der Waals surface area (Å²) in [6.07, 6.45) is 0. The summed E-state index contributed by atoms with van der Waals surface area (Å²) in [4.78, 5) is 21.5. The topological polar surface area (TPSA) is 34.1 Å². The Kier molecular flexibility index (Phi) is 3.84. The molecule has 2 nitrogen and oxygen atoms in total. The van der Waals surface area contributed by atoms with Crippen molar-refractivity contribution >= 4 is 39.1 Å². The van der Waals surface area contributed by atoms with E-state index in [4.69, 9.17) is 11.6 Å². The fourth-order valence-corrected chi connectivity index (χ4v) is 1.80. The smallest absolute Gasteiger partial charge is 0.216 e. The van der Waals surface area contributed by atoms with Crippen LogP contribution < -0.4 is 0 Å². The molecule has 0 radical (unpaired) electrons. The SMILES string of the molecule is CC(=O)C(=O)C(Br)c1cccc(Cl)c1. The van der Waals surface area contributed by atoms with E-state index in [0.29, 0.717) is 10.6 Å². The molecule has 0 N–H and O–H groups in total. The molecular weight excluding hydrogens is 267 g/mol. The van der Waals surface area contributed by atoms with Crippen molar-refractivity contribution in [3.8, 4) is 0 Å². The van der Waals surface area contributed by atoms with Gasteiger partial charge in [-0.1, -0.05) is 39.7 Å². The number of benzene rings is 1. The van der Waals surface area contributed by atoms with E-state index >= 15 is 0 Å². The molecule has 0 aromatic heterocycles. The van der Waals surface area contributed by atoms with Crippen molar-refractivity contribution in [2.75, 3.05) is 0 Å². The van der Waals surface area contributed by atoms with Crippen LogP contribution in [0.25, 0.3) is 0 Å². The Labute approximate surface area is 95.4 Å². The van der Waals surface area contributed by atoms with Gasteiger partial charge in [0.15, 0.2) is 5.78 Å². The number of rotatable bonds is 3. The molecule has 4 heteroatoms. The number of halogens is 2. The van der Waals surface area contributed by atoms with E-state index in [1.165, 1.54) is 6.92 Å². The molecule has 1 unspecified atom stereocenters. The normalized spacial score (nSPS) is 12.2. The van der Waals surface area contributed by atoms with Gasteiger partial charge in [-0.15, -0.1) is 0 Å². The van der Waals surface area contributed by atoms with Crippen molar-refractivity contribution in [3.05, 3.63) is 34.9 Å². The van der Waals surface area contributed by atoms with E-state index in [1.807, 2.05) is 0 Å². The van der Waals surface area contributed by atoms with Crippen LogP contribution in [0.5, 0.6) is 0 Å². The lowest BCUT2D eigenvalue weighted by atomic mass is 10.1. The molecule has 0 spiro atoms. The highest BCUT2D eigenvalue weighted by Gasteiger charge is 2.20. The minimum atomic E-state index is -0.598. The number of hydrogen-bond acceptors (Lipinski definition) is 2. The van der Waals surface area contributed by atoms with Gasteiger partial charge in [0.2, 0.25) is 5.78 Å². The molecule has 1 rings (SSSR count). The number of carbonyl (C=O) groups excluding carboxylic acids is 2. The minimum Gasteiger partial charge on any atom is -0.291 e. The summed E-state index contributed by atoms with van der Waals surface area (Å²) < 4.78 is 0. The zero-order chi connectivity index (χ0) is 10.7. The van der Waals surface area contributed by atoms with Gasteiger partial charge in [0, 0.05) is 11.9 Å². The van der Waals surface area contributed by atoms with Crippen LogP contribution in [0, 0.1) is 0 Å². The van der Waals surface area contributed by atoms with Gasteiger partial charge in [-0.25, -0.2) is 0 Å². The fraction of sp³-hybridized carbons (Fsp3) is 0.200. The lowest BCUT2D eigenvalue weighted by Crippen LogP contribution is -2.15. The predicted molar refractivity (Wildman–Crippen MR) is 58.8 cm³/mol. The second kappa shape index (κ2) is 4.71. The van der Waals surface area contributed by atoms with Gasteiger partial charge in [0.25, 0.3) is 0 Å². The van der Waals surface area contributed by atoms with E-state index in [2.05, 4.69) is 15.9 Å². The van der Waals surface area contributed by atoms with Gasteiger partial charge in [0.05, 0.1) is 0 Å². The average Bonchev–Trinajstić information content (AvgIpc) is 2.15. The molecule has 0 saturated heterocycles. The number of ketones is 2. The molecule has 0 heterocycles. The van der Waals surface area contributed by atoms with Gasteiger partial charge in [-0.05, 0) is 17.7 Å². The summed E-state index contributed by atoms with van der Waals surface area (Å²) in [7, 11) is 0. The first-order chi connectivity index (χ1) is 6.52. The maximum atomic E-state index is 11.3. The van der Waals surface area contributed by atoms with E-state index in [1.54, 1.807) is 24.3 Å². The van der Waals surface area contributed by atoms with Crippen molar-refractivity contribution in [1.29, 1.82) is 0 Å². The first-order valence-electron chi connectivity index (χ1n) is 3.96. The van der Waals surface area contributed by atoms with E-state index in [-0.39, 0.29) is 0 Å². The molecule has 0 bridgehead atoms. The minimum absolute atomic E-state index is 0.465. The van der Waals surface area contributed by atoms with Crippen molar-refractivity contribution in [1.82, 2.24) is 0 Å². The number of alkyl halides is 1. The summed E-state index contributed by atoms with van der Waals surface area (Å²) in [5, 5.41) is 0.545. The van der Waals surface area contributed by atoms with E-state index in [0.717, 1.165) is 0 Å². The highest BCUT2D eigenvalue weighted by molar-refractivity contribution is 9.09. The third-order valence-electron chi connectivity index (χ3n) is 1.72. The Morgan fingerprint density at radius 3 is 2.57 bits per heavy atom. The average molecular weight is 276 g/mol. The number of Topliss-reactive ketones (excluding diaryl/α,β-unsaturated/α-hetero) is 2. The van der Waals surface area contributed by atoms with Gasteiger partial charge >= 0.3 is 0 Å². The van der Waals surface area contributed by atoms with Gasteiger partial charge in [0.1, 0.15) is 4.83 Å². The Hall–Kier alpha value is -0.670. The Balaban J connectivity index is 2.95. The molecular formula is C10H8BrClO2. The van der Waals surface area contributed by atoms with Crippen molar-refractivity contribution in [3.63, 3.8) is 0 Å². The molecule has 0 aliphatic heterocycles. The maximum Gasteiger partial charge on any atom is 0.216 e. The van der Waals surface area contributed by atoms with Crippen LogP contribution in [0.1, 0.15) is 17.3 Å². The Morgan fingerprint density at radius 1 is 1.43 bits per heavy atom. The monoisotopic (exact) mass is 274 g/mol. The van der Waals surface area contributed by atoms with Gasteiger partial charge in [-0.3, -0.25) is 9.59 Å². The Morgan fingerprint density at radius 2 is 2.07 bits per heavy atom. The molecule has 0 aliphatic carbocycles. The lowest BCUT2D eigenvalue weighted by Gasteiger charge is -2.06. The molecule has 0 amide bonds. The second-order valence-electron chi connectivity index (χ2n) is 2.84. The lowest BCUT2D eigenvalue weighted by molar-refractivity contribution is -0.135. The molecule has 14 heavy (non-hydrogen) atoms. The van der Waals surface area contributed by atoms with Gasteiger partial charge in [-0.2, -0.15) is 0 Å². The van der Waals surface area contributed by atoms with Crippen molar-refractivity contribution in [2.45, 2.75) is 11.8 Å². The van der Waals surface area contributed by atoms with Crippen LogP contribution in [-0.4, -0.2) is 11.6 Å². The second-order valence-corrected chi connectivity index (χ2v) is 4.19. The maximum absolute atomic E-state index is 11.3. The molecule has 1 atom stereocenters. The molecule has 0 aliphatic rings. The standard InChI is InChI=1S/C10H8BrClO2/c1-6(13)10(14)9(11)7-3-2-4-8(12)5-7/h2-5,9H,1H3. The highest BCUT2D eigenvalue weighted by atomic mass is 79.9. The summed E-state index contributed by atoms with van der Waals surface area (Å²) in [6.45, 7) is 1.25. The number of carbonyl (C=O) groups is 2. The van der Waals surface area contributed by atoms with Crippen LogP contribution in [0.2, 0.25) is 5.02 Å². The summed E-state index contributed by atoms with van der Waals surface area (Å²) in [5.74, 6) is -0.931. The number of hydrogen-bond donors (Lipinski definition) is 0. The fourth-order valence-electron chi connectivity index (χ4n) is 0.994. The quantitative estimate of drug-likeness (QED) is 0.628. The van der Waals surface area contributed by atoms with Crippen molar-refractivity contribution in [2.24, 2.45) is 0 Å². The van der Waals surface area contributed by atoms with Crippen LogP contribution in [-0.2, 0) is 9.59 Å². The summed E-state index contributed by atoms with van der Waals surface area (Å²) in [5.41, 5.74) is 0.692. The first-order valence-corrected chi connectivity index (χ1v) is 5.26. The van der Waals surface area contributed by atoms with Crippen LogP contribution in [0.4, 0.5) is 0 Å². The third kappa shape index (κ3) is 2.66. The molecule has 1 aromatic carbocycles. The van der Waals surface area contributed by atoms with Crippen LogP contribution >= 0.6 is 27.5 Å². The Bertz CT molecular complexity index is 376. The largest absolute Gasteiger partial charge is 0.291 e. The van der Waals surface area contributed by atoms with Crippen LogP contribution in [0.15, 0.2) is 24.3 Å². The van der Waals surface area contributed by atoms with Crippen LogP contribution in [0.3, 0.4) is 0 Å². The zero-order valence-corrected chi connectivity index (χ0v) is 9.80. The summed E-state index contributed by atoms with van der Waals surface area (Å²) in [6, 6.07) is 6.84. The van der Waals surface area contributed by atoms with E-state index < -0.39 is 16.4 Å². The first kappa shape index (κ1) is 11.4. The molecule has 1 aromatic rings. The third-order valence-corrected chi connectivity index (χ3v) is 2.90. The van der Waals surface area contributed by atoms with Crippen molar-refractivity contribution < 1.29 is 9.59 Å². The predicted octanol–water partition coefficient (Wildman–Crippen LogP) is 2.93. The highest BCUT2D eigenvalue weighted by Crippen LogP contribution is 2.26. The molecule has 0 fully saturated rings. The molecule has 74 valence electrons.